The van der Waals surface area contributed by atoms with Crippen molar-refractivity contribution in [2.75, 3.05) is 0 Å². The van der Waals surface area contributed by atoms with Gasteiger partial charge >= 0.3 is 12.2 Å². The van der Waals surface area contributed by atoms with Crippen molar-refractivity contribution >= 4 is 35.4 Å². The van der Waals surface area contributed by atoms with Crippen molar-refractivity contribution in [2.45, 2.75) is 58.6 Å². The van der Waals surface area contributed by atoms with Gasteiger partial charge in [0.1, 0.15) is 10.8 Å². The first-order valence-electron chi connectivity index (χ1n) is 7.39. The van der Waals surface area contributed by atoms with E-state index in [1.54, 1.807) is 40.7 Å². The van der Waals surface area contributed by atoms with E-state index in [-0.39, 0.29) is 0 Å². The van der Waals surface area contributed by atoms with E-state index >= 15 is 0 Å². The summed E-state index contributed by atoms with van der Waals surface area (Å²) in [5, 5.41) is 10.2. The maximum atomic E-state index is 12.2. The van der Waals surface area contributed by atoms with Crippen LogP contribution in [0.5, 0.6) is 0 Å². The fourth-order valence-corrected chi connectivity index (χ4v) is 2.47. The van der Waals surface area contributed by atoms with Gasteiger partial charge in [0.05, 0.1) is 10.6 Å². The summed E-state index contributed by atoms with van der Waals surface area (Å²) in [6, 6.07) is 1.62. The van der Waals surface area contributed by atoms with Crippen LogP contribution in [0, 0.1) is 0 Å². The largest absolute Gasteiger partial charge is 0.465 e. The number of nitrogens with zero attached hydrogens (tertiary/aromatic N) is 2. The van der Waals surface area contributed by atoms with Gasteiger partial charge in [0, 0.05) is 6.20 Å². The van der Waals surface area contributed by atoms with E-state index in [0.717, 1.165) is 5.56 Å². The Morgan fingerprint density at radius 3 is 2.33 bits per heavy atom. The lowest BCUT2D eigenvalue weighted by Gasteiger charge is -2.36. The van der Waals surface area contributed by atoms with Crippen LogP contribution in [-0.4, -0.2) is 38.3 Å². The standard InChI is InChI=1S/C16H22Cl2N2O4/c1-15(2,3)24-14(23)20(13(21)22)16(4,5)7-6-10-8-12(18)19-9-11(10)17/h8-9H,6-7H2,1-5H3,(H,21,22). The number of hydrogen-bond acceptors (Lipinski definition) is 4. The summed E-state index contributed by atoms with van der Waals surface area (Å²) < 4.78 is 5.19. The number of imide groups is 1. The van der Waals surface area contributed by atoms with E-state index in [0.29, 0.717) is 27.9 Å². The Balaban J connectivity index is 2.95. The number of aromatic nitrogens is 1. The maximum Gasteiger partial charge on any atom is 0.420 e. The highest BCUT2D eigenvalue weighted by molar-refractivity contribution is 6.32. The van der Waals surface area contributed by atoms with Crippen molar-refractivity contribution in [1.29, 1.82) is 0 Å². The van der Waals surface area contributed by atoms with Crippen molar-refractivity contribution in [3.8, 4) is 0 Å². The molecule has 1 aromatic rings. The minimum atomic E-state index is -1.37. The Morgan fingerprint density at radius 2 is 1.83 bits per heavy atom. The van der Waals surface area contributed by atoms with Crippen molar-refractivity contribution < 1.29 is 19.4 Å². The summed E-state index contributed by atoms with van der Waals surface area (Å²) in [6.45, 7) is 8.34. The normalized spacial score (nSPS) is 12.0. The minimum absolute atomic E-state index is 0.300. The average molecular weight is 377 g/mol. The SMILES string of the molecule is CC(C)(C)OC(=O)N(C(=O)O)C(C)(C)CCc1cc(Cl)ncc1Cl. The van der Waals surface area contributed by atoms with Gasteiger partial charge in [-0.3, -0.25) is 0 Å². The molecule has 0 spiro atoms. The van der Waals surface area contributed by atoms with E-state index in [9.17, 15) is 14.7 Å². The van der Waals surface area contributed by atoms with Crippen molar-refractivity contribution in [3.05, 3.63) is 28.0 Å². The molecule has 0 radical (unpaired) electrons. The third-order valence-electron chi connectivity index (χ3n) is 3.28. The number of pyridine rings is 1. The third kappa shape index (κ3) is 5.83. The van der Waals surface area contributed by atoms with Crippen LogP contribution in [0.25, 0.3) is 0 Å². The van der Waals surface area contributed by atoms with E-state index in [4.69, 9.17) is 27.9 Å². The molecule has 1 N–H and O–H groups in total. The predicted molar refractivity (Wildman–Crippen MR) is 92.8 cm³/mol. The molecule has 0 bridgehead atoms. The first-order valence-corrected chi connectivity index (χ1v) is 8.15. The molecule has 1 heterocycles. The molecule has 134 valence electrons. The highest BCUT2D eigenvalue weighted by Crippen LogP contribution is 2.27. The predicted octanol–water partition coefficient (Wildman–Crippen LogP) is 5.01. The number of hydrogen-bond donors (Lipinski definition) is 1. The summed E-state index contributed by atoms with van der Waals surface area (Å²) in [5.74, 6) is 0. The molecule has 0 aliphatic carbocycles. The molecule has 0 aliphatic rings. The van der Waals surface area contributed by atoms with Crippen molar-refractivity contribution in [1.82, 2.24) is 9.88 Å². The van der Waals surface area contributed by atoms with Crippen molar-refractivity contribution in [3.63, 3.8) is 0 Å². The zero-order valence-corrected chi connectivity index (χ0v) is 15.9. The molecule has 0 saturated heterocycles. The van der Waals surface area contributed by atoms with E-state index in [1.165, 1.54) is 6.20 Å². The van der Waals surface area contributed by atoms with Crippen LogP contribution in [0.1, 0.15) is 46.6 Å². The van der Waals surface area contributed by atoms with E-state index in [2.05, 4.69) is 4.98 Å². The Morgan fingerprint density at radius 1 is 1.25 bits per heavy atom. The fourth-order valence-electron chi connectivity index (χ4n) is 2.09. The van der Waals surface area contributed by atoms with E-state index in [1.807, 2.05) is 0 Å². The monoisotopic (exact) mass is 376 g/mol. The van der Waals surface area contributed by atoms with Crippen LogP contribution in [0.2, 0.25) is 10.2 Å². The van der Waals surface area contributed by atoms with Gasteiger partial charge in [-0.15, -0.1) is 0 Å². The second-order valence-corrected chi connectivity index (χ2v) is 7.80. The minimum Gasteiger partial charge on any atom is -0.465 e. The summed E-state index contributed by atoms with van der Waals surface area (Å²) in [5.41, 5.74) is -1.05. The van der Waals surface area contributed by atoms with Gasteiger partial charge in [-0.2, -0.15) is 0 Å². The van der Waals surface area contributed by atoms with Gasteiger partial charge in [0.15, 0.2) is 0 Å². The van der Waals surface area contributed by atoms with Gasteiger partial charge in [0.2, 0.25) is 0 Å². The molecule has 0 fully saturated rings. The third-order valence-corrected chi connectivity index (χ3v) is 3.83. The maximum absolute atomic E-state index is 12.2. The molecule has 8 heteroatoms. The molecule has 1 aromatic heterocycles. The Hall–Kier alpha value is -1.53. The second-order valence-electron chi connectivity index (χ2n) is 7.01. The molecule has 24 heavy (non-hydrogen) atoms. The molecule has 0 aliphatic heterocycles. The van der Waals surface area contributed by atoms with E-state index < -0.39 is 23.3 Å². The van der Waals surface area contributed by atoms with Crippen LogP contribution in [0.4, 0.5) is 9.59 Å². The lowest BCUT2D eigenvalue weighted by Crippen LogP contribution is -2.52. The highest BCUT2D eigenvalue weighted by Gasteiger charge is 2.38. The zero-order valence-electron chi connectivity index (χ0n) is 14.4. The average Bonchev–Trinajstić information content (AvgIpc) is 2.36. The topological polar surface area (TPSA) is 79.7 Å². The molecular formula is C16H22Cl2N2O4. The second kappa shape index (κ2) is 7.57. The fraction of sp³-hybridized carbons (Fsp3) is 0.562. The Kier molecular flexibility index (Phi) is 6.47. The van der Waals surface area contributed by atoms with Crippen molar-refractivity contribution in [2.24, 2.45) is 0 Å². The molecule has 0 atom stereocenters. The van der Waals surface area contributed by atoms with Gasteiger partial charge < -0.3 is 9.84 Å². The first-order chi connectivity index (χ1) is 10.8. The van der Waals surface area contributed by atoms with Gasteiger partial charge in [-0.05, 0) is 59.1 Å². The highest BCUT2D eigenvalue weighted by atomic mass is 35.5. The lowest BCUT2D eigenvalue weighted by molar-refractivity contribution is 0.00661. The molecule has 0 unspecified atom stereocenters. The number of ether oxygens (including phenoxy) is 1. The van der Waals surface area contributed by atoms with Crippen LogP contribution < -0.4 is 0 Å². The summed E-state index contributed by atoms with van der Waals surface area (Å²) in [7, 11) is 0. The lowest BCUT2D eigenvalue weighted by atomic mass is 9.94. The molecule has 0 aromatic carbocycles. The summed E-state index contributed by atoms with van der Waals surface area (Å²) in [6.07, 6.45) is -0.0548. The first kappa shape index (κ1) is 20.5. The summed E-state index contributed by atoms with van der Waals surface area (Å²) >= 11 is 11.9. The van der Waals surface area contributed by atoms with Crippen LogP contribution in [-0.2, 0) is 11.2 Å². The zero-order chi connectivity index (χ0) is 18.7. The molecule has 1 rings (SSSR count). The number of carboxylic acid groups (broad SMARTS) is 1. The Labute approximate surface area is 151 Å². The number of rotatable bonds is 4. The molecule has 2 amide bonds. The Bertz CT molecular complexity index is 627. The molecule has 6 nitrogen and oxygen atoms in total. The summed E-state index contributed by atoms with van der Waals surface area (Å²) in [4.78, 5) is 28.4. The number of carbonyl (C=O) groups excluding carboxylic acids is 1. The number of carbonyl (C=O) groups is 2. The number of halogens is 2. The van der Waals surface area contributed by atoms with Gasteiger partial charge in [0.25, 0.3) is 0 Å². The van der Waals surface area contributed by atoms with Crippen LogP contribution in [0.15, 0.2) is 12.3 Å². The molecule has 0 saturated carbocycles. The van der Waals surface area contributed by atoms with Crippen LogP contribution in [0.3, 0.4) is 0 Å². The smallest absolute Gasteiger partial charge is 0.420 e. The molecular weight excluding hydrogens is 355 g/mol. The van der Waals surface area contributed by atoms with Gasteiger partial charge in [-0.1, -0.05) is 23.2 Å². The van der Waals surface area contributed by atoms with Crippen LogP contribution >= 0.6 is 23.2 Å². The number of aryl methyl sites for hydroxylation is 1. The van der Waals surface area contributed by atoms with Gasteiger partial charge in [-0.25, -0.2) is 19.5 Å². The number of amides is 2. The quantitative estimate of drug-likeness (QED) is 0.746.